The number of benzene rings is 1. The van der Waals surface area contributed by atoms with Crippen LogP contribution in [0.4, 0.5) is 0 Å². The average molecular weight is 262 g/mol. The number of nitrogens with one attached hydrogen (secondary N) is 1. The maximum absolute atomic E-state index is 12.1. The first kappa shape index (κ1) is 15.7. The first-order valence-electron chi connectivity index (χ1n) is 6.94. The molecule has 1 aromatic rings. The maximum Gasteiger partial charge on any atom is 0.222 e. The molecule has 0 aliphatic carbocycles. The zero-order chi connectivity index (χ0) is 14.5. The van der Waals surface area contributed by atoms with Gasteiger partial charge in [-0.05, 0) is 17.4 Å². The Morgan fingerprint density at radius 3 is 2.32 bits per heavy atom. The lowest BCUT2D eigenvalue weighted by atomic mass is 9.85. The molecule has 1 aromatic carbocycles. The molecule has 19 heavy (non-hydrogen) atoms. The second-order valence-electron chi connectivity index (χ2n) is 6.12. The summed E-state index contributed by atoms with van der Waals surface area (Å²) in [5.41, 5.74) is 7.14. The number of rotatable bonds is 5. The number of hydrogen-bond donors (Lipinski definition) is 2. The summed E-state index contributed by atoms with van der Waals surface area (Å²) in [7, 11) is 0. The Morgan fingerprint density at radius 1 is 1.26 bits per heavy atom. The van der Waals surface area contributed by atoms with Gasteiger partial charge in [0.15, 0.2) is 0 Å². The van der Waals surface area contributed by atoms with Crippen molar-refractivity contribution in [3.05, 3.63) is 35.9 Å². The van der Waals surface area contributed by atoms with Crippen LogP contribution < -0.4 is 11.1 Å². The molecule has 3 nitrogen and oxygen atoms in total. The summed E-state index contributed by atoms with van der Waals surface area (Å²) >= 11 is 0. The molecule has 1 rings (SSSR count). The van der Waals surface area contributed by atoms with E-state index in [1.807, 2.05) is 30.3 Å². The predicted octanol–water partition coefficient (Wildman–Crippen LogP) is 3.02. The van der Waals surface area contributed by atoms with Crippen molar-refractivity contribution in [1.29, 1.82) is 0 Å². The Kier molecular flexibility index (Phi) is 5.55. The molecule has 2 atom stereocenters. The van der Waals surface area contributed by atoms with Gasteiger partial charge in [-0.15, -0.1) is 0 Å². The summed E-state index contributed by atoms with van der Waals surface area (Å²) in [5, 5.41) is 3.07. The van der Waals surface area contributed by atoms with Crippen molar-refractivity contribution in [2.45, 2.75) is 52.6 Å². The van der Waals surface area contributed by atoms with E-state index in [0.29, 0.717) is 6.42 Å². The minimum Gasteiger partial charge on any atom is -0.349 e. The molecule has 0 spiro atoms. The molecule has 106 valence electrons. The molecule has 0 aliphatic rings. The third-order valence-corrected chi connectivity index (χ3v) is 3.46. The van der Waals surface area contributed by atoms with Crippen LogP contribution in [0.2, 0.25) is 0 Å². The van der Waals surface area contributed by atoms with E-state index in [9.17, 15) is 4.79 Å². The third-order valence-electron chi connectivity index (χ3n) is 3.46. The third kappa shape index (κ3) is 5.03. The van der Waals surface area contributed by atoms with Crippen LogP contribution >= 0.6 is 0 Å². The van der Waals surface area contributed by atoms with Gasteiger partial charge in [0.2, 0.25) is 5.91 Å². The molecule has 0 aliphatic heterocycles. The molecule has 0 saturated carbocycles. The molecule has 2 unspecified atom stereocenters. The van der Waals surface area contributed by atoms with Crippen LogP contribution in [0.3, 0.4) is 0 Å². The normalized spacial score (nSPS) is 14.8. The van der Waals surface area contributed by atoms with Gasteiger partial charge >= 0.3 is 0 Å². The first-order valence-corrected chi connectivity index (χ1v) is 6.94. The van der Waals surface area contributed by atoms with Crippen LogP contribution in [-0.4, -0.2) is 11.9 Å². The number of hydrogen-bond acceptors (Lipinski definition) is 2. The zero-order valence-corrected chi connectivity index (χ0v) is 12.4. The fourth-order valence-corrected chi connectivity index (χ4v) is 1.87. The van der Waals surface area contributed by atoms with Crippen LogP contribution in [0.1, 0.15) is 52.1 Å². The van der Waals surface area contributed by atoms with Gasteiger partial charge in [-0.3, -0.25) is 4.79 Å². The molecule has 0 aromatic heterocycles. The van der Waals surface area contributed by atoms with Crippen molar-refractivity contribution in [2.24, 2.45) is 11.1 Å². The summed E-state index contributed by atoms with van der Waals surface area (Å²) in [6, 6.07) is 9.99. The summed E-state index contributed by atoms with van der Waals surface area (Å²) in [6.45, 7) is 8.24. The molecule has 3 heteroatoms. The van der Waals surface area contributed by atoms with E-state index < -0.39 is 0 Å². The lowest BCUT2D eigenvalue weighted by Crippen LogP contribution is -2.40. The summed E-state index contributed by atoms with van der Waals surface area (Å²) in [4.78, 5) is 12.1. The van der Waals surface area contributed by atoms with Crippen molar-refractivity contribution in [3.63, 3.8) is 0 Å². The van der Waals surface area contributed by atoms with E-state index >= 15 is 0 Å². The van der Waals surface area contributed by atoms with E-state index in [4.69, 9.17) is 5.73 Å². The van der Waals surface area contributed by atoms with Gasteiger partial charge in [-0.25, -0.2) is 0 Å². The summed E-state index contributed by atoms with van der Waals surface area (Å²) in [5.74, 6) is 0.0260. The van der Waals surface area contributed by atoms with Gasteiger partial charge in [-0.2, -0.15) is 0 Å². The van der Waals surface area contributed by atoms with E-state index in [0.717, 1.165) is 12.0 Å². The van der Waals surface area contributed by atoms with E-state index in [-0.39, 0.29) is 23.4 Å². The highest BCUT2D eigenvalue weighted by Gasteiger charge is 2.24. The van der Waals surface area contributed by atoms with Crippen LogP contribution in [0, 0.1) is 5.41 Å². The van der Waals surface area contributed by atoms with Crippen LogP contribution in [-0.2, 0) is 4.79 Å². The predicted molar refractivity (Wildman–Crippen MR) is 79.7 cm³/mol. The number of amides is 1. The largest absolute Gasteiger partial charge is 0.349 e. The maximum atomic E-state index is 12.1. The van der Waals surface area contributed by atoms with Gasteiger partial charge in [0, 0.05) is 12.5 Å². The van der Waals surface area contributed by atoms with Crippen molar-refractivity contribution < 1.29 is 4.79 Å². The lowest BCUT2D eigenvalue weighted by Gasteiger charge is -2.27. The average Bonchev–Trinajstić information content (AvgIpc) is 2.35. The Bertz CT molecular complexity index is 395. The van der Waals surface area contributed by atoms with E-state index in [1.54, 1.807) is 0 Å². The second-order valence-corrected chi connectivity index (χ2v) is 6.12. The van der Waals surface area contributed by atoms with Crippen LogP contribution in [0.15, 0.2) is 30.3 Å². The summed E-state index contributed by atoms with van der Waals surface area (Å²) in [6.07, 6.45) is 1.24. The highest BCUT2D eigenvalue weighted by atomic mass is 16.1. The fourth-order valence-electron chi connectivity index (χ4n) is 1.87. The molecule has 0 saturated heterocycles. The molecule has 0 heterocycles. The van der Waals surface area contributed by atoms with E-state index in [2.05, 4.69) is 33.0 Å². The Hall–Kier alpha value is -1.35. The molecule has 0 fully saturated rings. The minimum atomic E-state index is -0.124. The second kappa shape index (κ2) is 6.71. The Morgan fingerprint density at radius 2 is 1.84 bits per heavy atom. The van der Waals surface area contributed by atoms with Gasteiger partial charge in [0.05, 0.1) is 6.04 Å². The molecular weight excluding hydrogens is 236 g/mol. The van der Waals surface area contributed by atoms with Gasteiger partial charge in [-0.1, -0.05) is 58.0 Å². The lowest BCUT2D eigenvalue weighted by molar-refractivity contribution is -0.122. The topological polar surface area (TPSA) is 55.1 Å². The molecular formula is C16H26N2O. The SMILES string of the molecule is CCC(NC(=O)CC(N)C(C)(C)C)c1ccccc1. The summed E-state index contributed by atoms with van der Waals surface area (Å²) < 4.78 is 0. The van der Waals surface area contributed by atoms with E-state index in [1.165, 1.54) is 0 Å². The van der Waals surface area contributed by atoms with Gasteiger partial charge < -0.3 is 11.1 Å². The monoisotopic (exact) mass is 262 g/mol. The number of nitrogens with two attached hydrogens (primary N) is 1. The smallest absolute Gasteiger partial charge is 0.222 e. The fraction of sp³-hybridized carbons (Fsp3) is 0.562. The highest BCUT2D eigenvalue weighted by Crippen LogP contribution is 2.21. The molecule has 0 bridgehead atoms. The highest BCUT2D eigenvalue weighted by molar-refractivity contribution is 5.77. The molecule has 1 amide bonds. The van der Waals surface area contributed by atoms with Crippen LogP contribution in [0.25, 0.3) is 0 Å². The van der Waals surface area contributed by atoms with Crippen molar-refractivity contribution >= 4 is 5.91 Å². The number of carbonyl (C=O) groups excluding carboxylic acids is 1. The Balaban J connectivity index is 2.60. The quantitative estimate of drug-likeness (QED) is 0.857. The van der Waals surface area contributed by atoms with Gasteiger partial charge in [0.25, 0.3) is 0 Å². The molecule has 3 N–H and O–H groups in total. The Labute approximate surface area is 116 Å². The van der Waals surface area contributed by atoms with Crippen molar-refractivity contribution in [2.75, 3.05) is 0 Å². The number of carbonyl (C=O) groups is 1. The van der Waals surface area contributed by atoms with Crippen molar-refractivity contribution in [1.82, 2.24) is 5.32 Å². The van der Waals surface area contributed by atoms with Gasteiger partial charge in [0.1, 0.15) is 0 Å². The standard InChI is InChI=1S/C16H26N2O/c1-5-13(12-9-7-6-8-10-12)18-15(19)11-14(17)16(2,3)4/h6-10,13-14H,5,11,17H2,1-4H3,(H,18,19). The molecule has 0 radical (unpaired) electrons. The first-order chi connectivity index (χ1) is 8.84. The minimum absolute atomic E-state index is 0.0260. The van der Waals surface area contributed by atoms with Crippen LogP contribution in [0.5, 0.6) is 0 Å². The van der Waals surface area contributed by atoms with Crippen molar-refractivity contribution in [3.8, 4) is 0 Å². The zero-order valence-electron chi connectivity index (χ0n) is 12.4.